The van der Waals surface area contributed by atoms with E-state index in [1.165, 1.54) is 6.07 Å². The Bertz CT molecular complexity index is 408. The van der Waals surface area contributed by atoms with Gasteiger partial charge in [-0.2, -0.15) is 0 Å². The normalized spacial score (nSPS) is 22.1. The minimum Gasteiger partial charge on any atom is -0.308 e. The van der Waals surface area contributed by atoms with Gasteiger partial charge in [-0.1, -0.05) is 12.1 Å². The number of anilines is 1. The molecule has 0 bridgehead atoms. The fourth-order valence-electron chi connectivity index (χ4n) is 2.05. The van der Waals surface area contributed by atoms with Gasteiger partial charge in [0.25, 0.3) is 0 Å². The Hall–Kier alpha value is -1.42. The molecule has 1 saturated heterocycles. The molecule has 1 N–H and O–H groups in total. The Balaban J connectivity index is 2.28. The number of para-hydroxylation sites is 1. The van der Waals surface area contributed by atoms with Gasteiger partial charge < -0.3 is 10.2 Å². The van der Waals surface area contributed by atoms with Crippen LogP contribution in [0.2, 0.25) is 0 Å². The first-order chi connectivity index (χ1) is 8.20. The van der Waals surface area contributed by atoms with Crippen LogP contribution in [0, 0.1) is 5.82 Å². The Labute approximate surface area is 101 Å². The zero-order valence-electron chi connectivity index (χ0n) is 9.95. The molecule has 1 unspecified atom stereocenters. The van der Waals surface area contributed by atoms with Crippen molar-refractivity contribution in [2.24, 2.45) is 0 Å². The van der Waals surface area contributed by atoms with E-state index in [0.717, 1.165) is 19.4 Å². The molecular weight excluding hydrogens is 219 g/mol. The van der Waals surface area contributed by atoms with Crippen LogP contribution in [-0.2, 0) is 4.79 Å². The van der Waals surface area contributed by atoms with E-state index in [4.69, 9.17) is 0 Å². The van der Waals surface area contributed by atoms with Crippen LogP contribution in [0.25, 0.3) is 0 Å². The van der Waals surface area contributed by atoms with Crippen LogP contribution in [-0.4, -0.2) is 25.0 Å². The molecule has 0 saturated carbocycles. The molecule has 1 atom stereocenters. The largest absolute Gasteiger partial charge is 0.308 e. The van der Waals surface area contributed by atoms with E-state index in [-0.39, 0.29) is 17.8 Å². The van der Waals surface area contributed by atoms with Crippen LogP contribution in [0.15, 0.2) is 24.3 Å². The Morgan fingerprint density at radius 1 is 1.35 bits per heavy atom. The molecule has 92 valence electrons. The lowest BCUT2D eigenvalue weighted by Crippen LogP contribution is -2.47. The van der Waals surface area contributed by atoms with Crippen molar-refractivity contribution in [2.45, 2.75) is 25.8 Å². The standard InChI is InChI=1S/C13H17FN2O/c1-10-13(17)16(9-5-4-8-15-10)12-7-3-2-6-11(12)14/h2-3,6-7,10,15H,4-5,8-9H2,1H3. The van der Waals surface area contributed by atoms with Gasteiger partial charge in [0.1, 0.15) is 5.82 Å². The van der Waals surface area contributed by atoms with Gasteiger partial charge in [0.2, 0.25) is 5.91 Å². The summed E-state index contributed by atoms with van der Waals surface area (Å²) in [6, 6.07) is 6.17. The molecule has 1 aliphatic rings. The maximum atomic E-state index is 13.7. The van der Waals surface area contributed by atoms with Gasteiger partial charge in [0.15, 0.2) is 0 Å². The van der Waals surface area contributed by atoms with Crippen molar-refractivity contribution in [3.63, 3.8) is 0 Å². The first kappa shape index (κ1) is 12.0. The van der Waals surface area contributed by atoms with E-state index in [2.05, 4.69) is 5.32 Å². The third-order valence-corrected chi connectivity index (χ3v) is 3.04. The lowest BCUT2D eigenvalue weighted by atomic mass is 10.1. The average Bonchev–Trinajstić information content (AvgIpc) is 2.32. The van der Waals surface area contributed by atoms with Gasteiger partial charge in [-0.3, -0.25) is 4.79 Å². The number of hydrogen-bond acceptors (Lipinski definition) is 2. The number of nitrogens with one attached hydrogen (secondary N) is 1. The van der Waals surface area contributed by atoms with Crippen LogP contribution >= 0.6 is 0 Å². The van der Waals surface area contributed by atoms with Crippen molar-refractivity contribution >= 4 is 11.6 Å². The Morgan fingerprint density at radius 3 is 2.88 bits per heavy atom. The number of carbonyl (C=O) groups is 1. The molecule has 1 aromatic carbocycles. The van der Waals surface area contributed by atoms with Gasteiger partial charge in [0.05, 0.1) is 11.7 Å². The zero-order chi connectivity index (χ0) is 12.3. The number of nitrogens with zero attached hydrogens (tertiary/aromatic N) is 1. The van der Waals surface area contributed by atoms with Gasteiger partial charge in [-0.05, 0) is 38.4 Å². The Kier molecular flexibility index (Phi) is 3.74. The molecular formula is C13H17FN2O. The Morgan fingerprint density at radius 2 is 2.12 bits per heavy atom. The number of amides is 1. The lowest BCUT2D eigenvalue weighted by molar-refractivity contribution is -0.120. The first-order valence-electron chi connectivity index (χ1n) is 5.99. The van der Waals surface area contributed by atoms with Gasteiger partial charge in [0, 0.05) is 6.54 Å². The summed E-state index contributed by atoms with van der Waals surface area (Å²) in [7, 11) is 0. The minimum atomic E-state index is -0.339. The second kappa shape index (κ2) is 5.27. The molecule has 0 aliphatic carbocycles. The van der Waals surface area contributed by atoms with Crippen LogP contribution < -0.4 is 10.2 Å². The van der Waals surface area contributed by atoms with Crippen molar-refractivity contribution in [3.05, 3.63) is 30.1 Å². The number of benzene rings is 1. The molecule has 1 amide bonds. The summed E-state index contributed by atoms with van der Waals surface area (Å²) in [6.45, 7) is 3.26. The molecule has 3 nitrogen and oxygen atoms in total. The van der Waals surface area contributed by atoms with Gasteiger partial charge >= 0.3 is 0 Å². The summed E-state index contributed by atoms with van der Waals surface area (Å²) in [4.78, 5) is 13.7. The highest BCUT2D eigenvalue weighted by molar-refractivity contribution is 5.97. The molecule has 0 radical (unpaired) electrons. The van der Waals surface area contributed by atoms with Crippen LogP contribution in [0.5, 0.6) is 0 Å². The summed E-state index contributed by atoms with van der Waals surface area (Å²) in [5, 5.41) is 3.14. The fourth-order valence-corrected chi connectivity index (χ4v) is 2.05. The SMILES string of the molecule is CC1NCCCCN(c2ccccc2F)C1=O. The predicted molar refractivity (Wildman–Crippen MR) is 65.5 cm³/mol. The highest BCUT2D eigenvalue weighted by Crippen LogP contribution is 2.20. The number of rotatable bonds is 1. The number of halogens is 1. The zero-order valence-corrected chi connectivity index (χ0v) is 9.95. The van der Waals surface area contributed by atoms with Crippen molar-refractivity contribution in [3.8, 4) is 0 Å². The van der Waals surface area contributed by atoms with Crippen molar-refractivity contribution in [1.82, 2.24) is 5.32 Å². The van der Waals surface area contributed by atoms with E-state index in [0.29, 0.717) is 12.2 Å². The predicted octanol–water partition coefficient (Wildman–Crippen LogP) is 1.93. The average molecular weight is 236 g/mol. The summed E-state index contributed by atoms with van der Waals surface area (Å²) in [5.74, 6) is -0.400. The molecule has 0 spiro atoms. The molecule has 2 rings (SSSR count). The smallest absolute Gasteiger partial charge is 0.243 e. The third kappa shape index (κ3) is 2.64. The second-order valence-electron chi connectivity index (χ2n) is 4.32. The van der Waals surface area contributed by atoms with E-state index >= 15 is 0 Å². The van der Waals surface area contributed by atoms with E-state index in [1.807, 2.05) is 6.92 Å². The van der Waals surface area contributed by atoms with Crippen molar-refractivity contribution in [1.29, 1.82) is 0 Å². The highest BCUT2D eigenvalue weighted by atomic mass is 19.1. The van der Waals surface area contributed by atoms with E-state index in [9.17, 15) is 9.18 Å². The van der Waals surface area contributed by atoms with E-state index in [1.54, 1.807) is 23.1 Å². The maximum absolute atomic E-state index is 13.7. The lowest BCUT2D eigenvalue weighted by Gasteiger charge is -2.29. The van der Waals surface area contributed by atoms with Crippen LogP contribution in [0.4, 0.5) is 10.1 Å². The summed E-state index contributed by atoms with van der Waals surface area (Å²) in [6.07, 6.45) is 1.89. The second-order valence-corrected chi connectivity index (χ2v) is 4.32. The topological polar surface area (TPSA) is 32.3 Å². The third-order valence-electron chi connectivity index (χ3n) is 3.04. The fraction of sp³-hybridized carbons (Fsp3) is 0.462. The molecule has 1 aromatic rings. The van der Waals surface area contributed by atoms with Crippen LogP contribution in [0.1, 0.15) is 19.8 Å². The molecule has 1 heterocycles. The van der Waals surface area contributed by atoms with Crippen molar-refractivity contribution in [2.75, 3.05) is 18.0 Å². The minimum absolute atomic E-state index is 0.0604. The van der Waals surface area contributed by atoms with Gasteiger partial charge in [-0.15, -0.1) is 0 Å². The highest BCUT2D eigenvalue weighted by Gasteiger charge is 2.24. The summed E-state index contributed by atoms with van der Waals surface area (Å²) >= 11 is 0. The molecule has 1 fully saturated rings. The van der Waals surface area contributed by atoms with Gasteiger partial charge in [-0.25, -0.2) is 4.39 Å². The number of carbonyl (C=O) groups excluding carboxylic acids is 1. The molecule has 4 heteroatoms. The quantitative estimate of drug-likeness (QED) is 0.808. The van der Waals surface area contributed by atoms with Crippen molar-refractivity contribution < 1.29 is 9.18 Å². The molecule has 1 aliphatic heterocycles. The molecule has 0 aromatic heterocycles. The first-order valence-corrected chi connectivity index (χ1v) is 5.99. The monoisotopic (exact) mass is 236 g/mol. The molecule has 17 heavy (non-hydrogen) atoms. The summed E-state index contributed by atoms with van der Waals surface area (Å²) in [5.41, 5.74) is 0.382. The number of hydrogen-bond donors (Lipinski definition) is 1. The van der Waals surface area contributed by atoms with Crippen LogP contribution in [0.3, 0.4) is 0 Å². The summed E-state index contributed by atoms with van der Waals surface area (Å²) < 4.78 is 13.7. The van der Waals surface area contributed by atoms with E-state index < -0.39 is 0 Å². The maximum Gasteiger partial charge on any atom is 0.243 e.